The number of carbonyl (C=O) groups is 1. The van der Waals surface area contributed by atoms with Gasteiger partial charge in [0.1, 0.15) is 11.4 Å². The van der Waals surface area contributed by atoms with Gasteiger partial charge >= 0.3 is 6.09 Å². The van der Waals surface area contributed by atoms with Crippen LogP contribution in [-0.2, 0) is 4.74 Å². The number of ether oxygens (including phenoxy) is 2. The van der Waals surface area contributed by atoms with Gasteiger partial charge in [-0.15, -0.1) is 0 Å². The average Bonchev–Trinajstić information content (AvgIpc) is 2.55. The van der Waals surface area contributed by atoms with Crippen LogP contribution in [0.4, 0.5) is 4.79 Å². The highest BCUT2D eigenvalue weighted by molar-refractivity contribution is 6.42. The van der Waals surface area contributed by atoms with E-state index in [9.17, 15) is 9.90 Å². The molecule has 1 atom stereocenters. The Labute approximate surface area is 158 Å². The van der Waals surface area contributed by atoms with Crippen LogP contribution in [0, 0.1) is 5.92 Å². The van der Waals surface area contributed by atoms with Gasteiger partial charge in [-0.3, -0.25) is 0 Å². The molecule has 7 heteroatoms. The Balaban J connectivity index is 2.06. The molecule has 1 unspecified atom stereocenters. The van der Waals surface area contributed by atoms with E-state index < -0.39 is 11.7 Å². The lowest BCUT2D eigenvalue weighted by Gasteiger charge is -2.35. The summed E-state index contributed by atoms with van der Waals surface area (Å²) in [5.41, 5.74) is -0.0119. The number of aliphatic hydroxyl groups is 1. The molecule has 1 aliphatic rings. The molecule has 0 aromatic heterocycles. The van der Waals surface area contributed by atoms with Gasteiger partial charge in [0.15, 0.2) is 0 Å². The minimum absolute atomic E-state index is 0.0384. The molecule has 0 radical (unpaired) electrons. The van der Waals surface area contributed by atoms with Crippen molar-refractivity contribution < 1.29 is 19.4 Å². The highest BCUT2D eigenvalue weighted by Crippen LogP contribution is 2.42. The van der Waals surface area contributed by atoms with E-state index in [4.69, 9.17) is 32.7 Å². The maximum Gasteiger partial charge on any atom is 0.410 e. The highest BCUT2D eigenvalue weighted by Gasteiger charge is 2.33. The zero-order valence-corrected chi connectivity index (χ0v) is 16.5. The van der Waals surface area contributed by atoms with Crippen molar-refractivity contribution in [2.75, 3.05) is 20.2 Å². The zero-order chi connectivity index (χ0) is 18.8. The Kier molecular flexibility index (Phi) is 6.46. The number of methoxy groups -OCH3 is 1. The molecule has 1 amide bonds. The molecule has 5 nitrogen and oxygen atoms in total. The number of hydrogen-bond acceptors (Lipinski definition) is 4. The zero-order valence-electron chi connectivity index (χ0n) is 15.0. The molecule has 1 saturated heterocycles. The summed E-state index contributed by atoms with van der Waals surface area (Å²) in [7, 11) is 1.53. The number of nitrogens with zero attached hydrogens (tertiary/aromatic N) is 1. The summed E-state index contributed by atoms with van der Waals surface area (Å²) in [6.07, 6.45) is 0.166. The second-order valence-electron chi connectivity index (χ2n) is 7.23. The summed E-state index contributed by atoms with van der Waals surface area (Å²) >= 11 is 12.4. The molecule has 2 rings (SSSR count). The number of rotatable bonds is 3. The lowest BCUT2D eigenvalue weighted by atomic mass is 9.87. The van der Waals surface area contributed by atoms with Gasteiger partial charge in [0, 0.05) is 18.7 Å². The van der Waals surface area contributed by atoms with Crippen LogP contribution in [0.1, 0.15) is 45.3 Å². The summed E-state index contributed by atoms with van der Waals surface area (Å²) in [4.78, 5) is 13.8. The molecule has 0 aliphatic carbocycles. The summed E-state index contributed by atoms with van der Waals surface area (Å²) < 4.78 is 10.7. The molecule has 1 aromatic rings. The molecule has 0 saturated carbocycles. The molecular weight excluding hydrogens is 365 g/mol. The van der Waals surface area contributed by atoms with Gasteiger partial charge in [0.05, 0.1) is 23.3 Å². The molecule has 0 bridgehead atoms. The van der Waals surface area contributed by atoms with E-state index >= 15 is 0 Å². The lowest BCUT2D eigenvalue weighted by Crippen LogP contribution is -2.42. The van der Waals surface area contributed by atoms with Crippen LogP contribution < -0.4 is 4.74 Å². The van der Waals surface area contributed by atoms with Crippen molar-refractivity contribution in [2.24, 2.45) is 5.92 Å². The minimum atomic E-state index is -0.804. The van der Waals surface area contributed by atoms with E-state index in [2.05, 4.69) is 0 Å². The fourth-order valence-electron chi connectivity index (χ4n) is 2.96. The van der Waals surface area contributed by atoms with Gasteiger partial charge in [-0.05, 0) is 51.7 Å². The molecule has 25 heavy (non-hydrogen) atoms. The normalized spacial score (nSPS) is 17.3. The van der Waals surface area contributed by atoms with E-state index in [1.165, 1.54) is 7.11 Å². The van der Waals surface area contributed by atoms with Crippen molar-refractivity contribution >= 4 is 29.3 Å². The van der Waals surface area contributed by atoms with E-state index in [-0.39, 0.29) is 12.0 Å². The van der Waals surface area contributed by atoms with Crippen LogP contribution in [-0.4, -0.2) is 41.9 Å². The Morgan fingerprint density at radius 3 is 2.40 bits per heavy atom. The van der Waals surface area contributed by atoms with E-state index in [0.717, 1.165) is 0 Å². The Bertz CT molecular complexity index is 622. The number of aliphatic hydroxyl groups excluding tert-OH is 1. The van der Waals surface area contributed by atoms with Crippen LogP contribution in [0.3, 0.4) is 0 Å². The number of benzene rings is 1. The van der Waals surface area contributed by atoms with Gasteiger partial charge in [-0.25, -0.2) is 4.79 Å². The van der Waals surface area contributed by atoms with Crippen molar-refractivity contribution in [2.45, 2.75) is 45.3 Å². The van der Waals surface area contributed by atoms with Crippen molar-refractivity contribution in [1.82, 2.24) is 4.90 Å². The SMILES string of the molecule is COc1ccc(Cl)c(Cl)c1C(O)C1CCN(C(=O)OC(C)(C)C)CC1. The number of amides is 1. The number of piperidine rings is 1. The monoisotopic (exact) mass is 389 g/mol. The molecule has 1 fully saturated rings. The third-order valence-electron chi connectivity index (χ3n) is 4.25. The standard InChI is InChI=1S/C18H25Cl2NO4/c1-18(2,3)25-17(23)21-9-7-11(8-10-21)16(22)14-13(24-4)6-5-12(19)15(14)20/h5-6,11,16,22H,7-10H2,1-4H3. The summed E-state index contributed by atoms with van der Waals surface area (Å²) in [5, 5.41) is 11.5. The number of hydrogen-bond donors (Lipinski definition) is 1. The Hall–Kier alpha value is -1.17. The fraction of sp³-hybridized carbons (Fsp3) is 0.611. The maximum atomic E-state index is 12.1. The van der Waals surface area contributed by atoms with Crippen LogP contribution in [0.25, 0.3) is 0 Å². The van der Waals surface area contributed by atoms with Gasteiger partial charge in [-0.1, -0.05) is 23.2 Å². The first-order valence-corrected chi connectivity index (χ1v) is 9.07. The largest absolute Gasteiger partial charge is 0.496 e. The first-order valence-electron chi connectivity index (χ1n) is 8.32. The number of carbonyl (C=O) groups excluding carboxylic acids is 1. The van der Waals surface area contributed by atoms with Crippen molar-refractivity contribution in [1.29, 1.82) is 0 Å². The van der Waals surface area contributed by atoms with E-state index in [1.807, 2.05) is 20.8 Å². The molecule has 140 valence electrons. The molecule has 0 spiro atoms. The first kappa shape index (κ1) is 20.1. The summed E-state index contributed by atoms with van der Waals surface area (Å²) in [6, 6.07) is 3.34. The number of likely N-dealkylation sites (tertiary alicyclic amines) is 1. The minimum Gasteiger partial charge on any atom is -0.496 e. The molecular formula is C18H25Cl2NO4. The predicted octanol–water partition coefficient (Wildman–Crippen LogP) is 4.68. The predicted molar refractivity (Wildman–Crippen MR) is 98.5 cm³/mol. The molecule has 1 heterocycles. The third kappa shape index (κ3) is 4.93. The second-order valence-corrected chi connectivity index (χ2v) is 8.01. The van der Waals surface area contributed by atoms with Gasteiger partial charge < -0.3 is 19.5 Å². The second kappa shape index (κ2) is 8.02. The summed E-state index contributed by atoms with van der Waals surface area (Å²) in [6.45, 7) is 6.58. The van der Waals surface area contributed by atoms with Crippen LogP contribution in [0.2, 0.25) is 10.0 Å². The Morgan fingerprint density at radius 1 is 1.28 bits per heavy atom. The van der Waals surface area contributed by atoms with Crippen LogP contribution in [0.5, 0.6) is 5.75 Å². The maximum absolute atomic E-state index is 12.1. The molecule has 1 aliphatic heterocycles. The average molecular weight is 390 g/mol. The van der Waals surface area contributed by atoms with Crippen molar-refractivity contribution in [3.05, 3.63) is 27.7 Å². The highest BCUT2D eigenvalue weighted by atomic mass is 35.5. The Morgan fingerprint density at radius 2 is 1.88 bits per heavy atom. The summed E-state index contributed by atoms with van der Waals surface area (Å²) in [5.74, 6) is 0.472. The number of halogens is 2. The lowest BCUT2D eigenvalue weighted by molar-refractivity contribution is 0.00739. The third-order valence-corrected chi connectivity index (χ3v) is 5.07. The van der Waals surface area contributed by atoms with E-state index in [1.54, 1.807) is 17.0 Å². The quantitative estimate of drug-likeness (QED) is 0.814. The smallest absolute Gasteiger partial charge is 0.410 e. The van der Waals surface area contributed by atoms with Gasteiger partial charge in [0.25, 0.3) is 0 Å². The van der Waals surface area contributed by atoms with Crippen LogP contribution >= 0.6 is 23.2 Å². The van der Waals surface area contributed by atoms with Gasteiger partial charge in [-0.2, -0.15) is 0 Å². The van der Waals surface area contributed by atoms with Crippen molar-refractivity contribution in [3.63, 3.8) is 0 Å². The topological polar surface area (TPSA) is 59.0 Å². The van der Waals surface area contributed by atoms with Crippen LogP contribution in [0.15, 0.2) is 12.1 Å². The fourth-order valence-corrected chi connectivity index (χ4v) is 3.39. The molecule has 1 aromatic carbocycles. The van der Waals surface area contributed by atoms with Gasteiger partial charge in [0.2, 0.25) is 0 Å². The van der Waals surface area contributed by atoms with Crippen molar-refractivity contribution in [3.8, 4) is 5.75 Å². The van der Waals surface area contributed by atoms with E-state index in [0.29, 0.717) is 47.3 Å². The molecule has 1 N–H and O–H groups in total. The first-order chi connectivity index (χ1) is 11.6.